The summed E-state index contributed by atoms with van der Waals surface area (Å²) in [6, 6.07) is 9.57. The van der Waals surface area contributed by atoms with Gasteiger partial charge in [-0.15, -0.1) is 5.10 Å². The lowest BCUT2D eigenvalue weighted by Gasteiger charge is -2.20. The number of hydrogen-bond acceptors (Lipinski definition) is 7. The zero-order valence-corrected chi connectivity index (χ0v) is 23.3. The number of fused-ring (bicyclic) bond motifs is 5. The van der Waals surface area contributed by atoms with Crippen LogP contribution in [0, 0.1) is 6.92 Å². The summed E-state index contributed by atoms with van der Waals surface area (Å²) < 4.78 is 13.8. The molecule has 1 aromatic heterocycles. The van der Waals surface area contributed by atoms with Crippen molar-refractivity contribution in [2.24, 2.45) is 0 Å². The van der Waals surface area contributed by atoms with Gasteiger partial charge in [-0.1, -0.05) is 22.9 Å². The molecule has 0 spiro atoms. The number of benzene rings is 2. The Morgan fingerprint density at radius 2 is 2.00 bits per heavy atom. The summed E-state index contributed by atoms with van der Waals surface area (Å²) in [5.74, 6) is -0.117. The van der Waals surface area contributed by atoms with E-state index in [4.69, 9.17) is 21.1 Å². The molecule has 0 saturated carbocycles. The number of halogens is 1. The number of amides is 4. The van der Waals surface area contributed by atoms with Crippen molar-refractivity contribution in [3.8, 4) is 5.75 Å². The molecule has 13 heteroatoms. The monoisotopic (exact) mass is 579 g/mol. The molecule has 3 aliphatic heterocycles. The average Bonchev–Trinajstić information content (AvgIpc) is 3.70. The Bertz CT molecular complexity index is 1490. The number of aryl methyl sites for hydroxylation is 2. The van der Waals surface area contributed by atoms with Gasteiger partial charge in [0.05, 0.1) is 36.6 Å². The highest BCUT2D eigenvalue weighted by molar-refractivity contribution is 6.32. The van der Waals surface area contributed by atoms with E-state index in [0.717, 1.165) is 5.56 Å². The SMILES string of the molecule is Cc1ccc(C(=O)N2C[C@@H]3NC(=O)c4ccc(Cl)c(c4)OCCCn4cc(nn4)CO[C@H]3C2)cc1N1CCNC1=O. The minimum Gasteiger partial charge on any atom is -0.492 e. The first-order chi connectivity index (χ1) is 19.9. The Labute approximate surface area is 241 Å². The molecule has 2 atom stereocenters. The number of carbonyl (C=O) groups is 3. The Kier molecular flexibility index (Phi) is 7.50. The Hall–Kier alpha value is -4.16. The van der Waals surface area contributed by atoms with Gasteiger partial charge in [-0.05, 0) is 42.8 Å². The van der Waals surface area contributed by atoms with Crippen LogP contribution >= 0.6 is 11.6 Å². The van der Waals surface area contributed by atoms with Crippen molar-refractivity contribution in [2.75, 3.05) is 37.7 Å². The van der Waals surface area contributed by atoms with Gasteiger partial charge in [0, 0.05) is 56.0 Å². The first-order valence-corrected chi connectivity index (χ1v) is 13.9. The summed E-state index contributed by atoms with van der Waals surface area (Å²) in [5, 5.41) is 14.6. The number of carbonyl (C=O) groups excluding carboxylic acids is 3. The molecular formula is C28H30ClN7O5. The van der Waals surface area contributed by atoms with Crippen molar-refractivity contribution in [1.29, 1.82) is 0 Å². The predicted molar refractivity (Wildman–Crippen MR) is 149 cm³/mol. The second kappa shape index (κ2) is 11.4. The first kappa shape index (κ1) is 27.0. The highest BCUT2D eigenvalue weighted by atomic mass is 35.5. The minimum absolute atomic E-state index is 0.180. The number of urea groups is 1. The van der Waals surface area contributed by atoms with E-state index >= 15 is 0 Å². The fourth-order valence-corrected chi connectivity index (χ4v) is 5.46. The fourth-order valence-electron chi connectivity index (χ4n) is 5.29. The van der Waals surface area contributed by atoms with Crippen LogP contribution < -0.4 is 20.3 Å². The van der Waals surface area contributed by atoms with Gasteiger partial charge in [0.15, 0.2) is 0 Å². The molecule has 2 aromatic carbocycles. The number of rotatable bonds is 2. The number of nitrogens with zero attached hydrogens (tertiary/aromatic N) is 5. The van der Waals surface area contributed by atoms with Gasteiger partial charge in [-0.2, -0.15) is 0 Å². The van der Waals surface area contributed by atoms with Crippen LogP contribution in [0.3, 0.4) is 0 Å². The molecule has 3 aromatic rings. The number of ether oxygens (including phenoxy) is 2. The highest BCUT2D eigenvalue weighted by Gasteiger charge is 2.38. The molecule has 0 radical (unpaired) electrons. The van der Waals surface area contributed by atoms with E-state index in [-0.39, 0.29) is 37.5 Å². The van der Waals surface area contributed by atoms with Crippen molar-refractivity contribution >= 4 is 35.1 Å². The fraction of sp³-hybridized carbons (Fsp3) is 0.393. The molecule has 4 amide bonds. The van der Waals surface area contributed by atoms with Crippen molar-refractivity contribution < 1.29 is 23.9 Å². The van der Waals surface area contributed by atoms with Crippen LogP contribution in [-0.2, 0) is 17.9 Å². The summed E-state index contributed by atoms with van der Waals surface area (Å²) in [5.41, 5.74) is 3.09. The molecule has 4 heterocycles. The number of hydrogen-bond donors (Lipinski definition) is 2. The summed E-state index contributed by atoms with van der Waals surface area (Å²) >= 11 is 6.31. The second-order valence-electron chi connectivity index (χ2n) is 10.3. The molecule has 2 N–H and O–H groups in total. The van der Waals surface area contributed by atoms with Crippen molar-refractivity contribution in [3.63, 3.8) is 0 Å². The van der Waals surface area contributed by atoms with E-state index in [1.165, 1.54) is 0 Å². The lowest BCUT2D eigenvalue weighted by molar-refractivity contribution is 0.0291. The standard InChI is InChI=1S/C28H30ClN7O5/c1-17-3-4-19(11-23(17)36-9-7-30-28(36)39)27(38)34-14-22-25(15-34)41-16-20-13-35(33-32-20)8-2-10-40-24-12-18(26(37)31-22)5-6-21(24)29/h3-6,11-13,22,25H,2,7-10,14-16H2,1H3,(H,30,39)(H,31,37)/t22-,25-/m0/s1. The predicted octanol–water partition coefficient (Wildman–Crippen LogP) is 2.39. The Morgan fingerprint density at radius 3 is 2.83 bits per heavy atom. The largest absolute Gasteiger partial charge is 0.492 e. The van der Waals surface area contributed by atoms with Crippen molar-refractivity contribution in [3.05, 3.63) is 70.0 Å². The van der Waals surface area contributed by atoms with Gasteiger partial charge in [0.2, 0.25) is 0 Å². The molecular weight excluding hydrogens is 550 g/mol. The molecule has 4 bridgehead atoms. The molecule has 2 saturated heterocycles. The Balaban J connectivity index is 1.25. The number of aromatic nitrogens is 3. The van der Waals surface area contributed by atoms with Crippen LogP contribution in [0.5, 0.6) is 5.75 Å². The normalized spacial score (nSPS) is 21.2. The zero-order chi connectivity index (χ0) is 28.5. The number of anilines is 1. The van der Waals surface area contributed by atoms with Gasteiger partial charge in [0.25, 0.3) is 11.8 Å². The van der Waals surface area contributed by atoms with Gasteiger partial charge in [-0.25, -0.2) is 4.79 Å². The van der Waals surface area contributed by atoms with Crippen LogP contribution in [0.4, 0.5) is 10.5 Å². The molecule has 0 unspecified atom stereocenters. The topological polar surface area (TPSA) is 131 Å². The third kappa shape index (κ3) is 5.70. The van der Waals surface area contributed by atoms with E-state index in [1.54, 1.807) is 44.8 Å². The third-order valence-electron chi connectivity index (χ3n) is 7.49. The number of likely N-dealkylation sites (tertiary alicyclic amines) is 1. The summed E-state index contributed by atoms with van der Waals surface area (Å²) in [6.45, 7) is 4.67. The smallest absolute Gasteiger partial charge is 0.322 e. The molecule has 41 heavy (non-hydrogen) atoms. The average molecular weight is 580 g/mol. The maximum atomic E-state index is 13.7. The summed E-state index contributed by atoms with van der Waals surface area (Å²) in [6.07, 6.45) is 1.99. The molecule has 0 aliphatic carbocycles. The quantitative estimate of drug-likeness (QED) is 0.477. The summed E-state index contributed by atoms with van der Waals surface area (Å²) in [4.78, 5) is 42.6. The lowest BCUT2D eigenvalue weighted by atomic mass is 10.1. The third-order valence-corrected chi connectivity index (χ3v) is 7.80. The minimum atomic E-state index is -0.488. The number of nitrogens with one attached hydrogen (secondary N) is 2. The Morgan fingerprint density at radius 1 is 1.12 bits per heavy atom. The van der Waals surface area contributed by atoms with E-state index in [2.05, 4.69) is 20.9 Å². The van der Waals surface area contributed by atoms with Gasteiger partial charge < -0.3 is 25.0 Å². The van der Waals surface area contributed by atoms with E-state index in [9.17, 15) is 14.4 Å². The van der Waals surface area contributed by atoms with E-state index < -0.39 is 12.1 Å². The first-order valence-electron chi connectivity index (χ1n) is 13.5. The van der Waals surface area contributed by atoms with Gasteiger partial charge in [0.1, 0.15) is 11.4 Å². The zero-order valence-electron chi connectivity index (χ0n) is 22.5. The molecule has 3 aliphatic rings. The van der Waals surface area contributed by atoms with Crippen LogP contribution in [0.2, 0.25) is 5.02 Å². The maximum absolute atomic E-state index is 13.7. The molecule has 2 fully saturated rings. The van der Waals surface area contributed by atoms with Crippen molar-refractivity contribution in [2.45, 2.75) is 38.6 Å². The van der Waals surface area contributed by atoms with Gasteiger partial charge >= 0.3 is 6.03 Å². The van der Waals surface area contributed by atoms with Crippen LogP contribution in [0.1, 0.15) is 38.4 Å². The lowest BCUT2D eigenvalue weighted by Crippen LogP contribution is -2.44. The maximum Gasteiger partial charge on any atom is 0.322 e. The highest BCUT2D eigenvalue weighted by Crippen LogP contribution is 2.28. The molecule has 6 rings (SSSR count). The summed E-state index contributed by atoms with van der Waals surface area (Å²) in [7, 11) is 0. The van der Waals surface area contributed by atoms with Crippen LogP contribution in [0.25, 0.3) is 0 Å². The molecule has 12 nitrogen and oxygen atoms in total. The van der Waals surface area contributed by atoms with Crippen molar-refractivity contribution in [1.82, 2.24) is 30.5 Å². The van der Waals surface area contributed by atoms with E-state index in [0.29, 0.717) is 65.9 Å². The van der Waals surface area contributed by atoms with Crippen LogP contribution in [0.15, 0.2) is 42.6 Å². The second-order valence-corrected chi connectivity index (χ2v) is 10.8. The molecule has 214 valence electrons. The van der Waals surface area contributed by atoms with Crippen LogP contribution in [-0.4, -0.2) is 82.7 Å². The van der Waals surface area contributed by atoms with E-state index in [1.807, 2.05) is 19.2 Å². The van der Waals surface area contributed by atoms with Gasteiger partial charge in [-0.3, -0.25) is 19.2 Å².